The highest BCUT2D eigenvalue weighted by molar-refractivity contribution is 7.91. The van der Waals surface area contributed by atoms with Gasteiger partial charge in [-0.25, -0.2) is 13.2 Å². The largest absolute Gasteiger partial charge is 0.481 e. The summed E-state index contributed by atoms with van der Waals surface area (Å²) in [6.45, 7) is 4.98. The summed E-state index contributed by atoms with van der Waals surface area (Å²) in [6, 6.07) is -0.942. The Kier molecular flexibility index (Phi) is 3.89. The number of hydrogen-bond acceptors (Lipinski definition) is 5. The molecule has 1 amide bonds. The van der Waals surface area contributed by atoms with E-state index in [0.29, 0.717) is 0 Å². The Balaban J connectivity index is 2.71. The molecular formula is C10H17NO6S. The Bertz CT molecular complexity index is 449. The molecule has 7 nitrogen and oxygen atoms in total. The molecule has 104 valence electrons. The van der Waals surface area contributed by atoms with Gasteiger partial charge in [-0.2, -0.15) is 0 Å². The molecule has 1 saturated heterocycles. The first-order chi connectivity index (χ1) is 8.00. The molecule has 8 heteroatoms. The van der Waals surface area contributed by atoms with Crippen LogP contribution >= 0.6 is 0 Å². The number of alkyl carbamates (subject to hydrolysis) is 1. The molecule has 1 rings (SSSR count). The fraction of sp³-hybridized carbons (Fsp3) is 0.800. The Morgan fingerprint density at radius 1 is 1.28 bits per heavy atom. The van der Waals surface area contributed by atoms with E-state index in [1.165, 1.54) is 0 Å². The number of carbonyl (C=O) groups excluding carboxylic acids is 1. The van der Waals surface area contributed by atoms with Crippen molar-refractivity contribution in [2.75, 3.05) is 11.5 Å². The number of amides is 1. The molecule has 2 unspecified atom stereocenters. The van der Waals surface area contributed by atoms with Gasteiger partial charge < -0.3 is 15.2 Å². The number of sulfone groups is 1. The van der Waals surface area contributed by atoms with Crippen LogP contribution in [0.2, 0.25) is 0 Å². The van der Waals surface area contributed by atoms with Crippen LogP contribution in [0, 0.1) is 5.92 Å². The lowest BCUT2D eigenvalue weighted by Gasteiger charge is -2.22. The predicted octanol–water partition coefficient (Wildman–Crippen LogP) is 0.00890. The summed E-state index contributed by atoms with van der Waals surface area (Å²) in [6.07, 6.45) is -0.809. The Labute approximate surface area is 105 Å². The molecule has 0 spiro atoms. The van der Waals surface area contributed by atoms with Crippen molar-refractivity contribution < 1.29 is 27.9 Å². The van der Waals surface area contributed by atoms with Crippen molar-refractivity contribution in [3.05, 3.63) is 0 Å². The molecule has 0 saturated carbocycles. The predicted molar refractivity (Wildman–Crippen MR) is 62.9 cm³/mol. The molecule has 0 aliphatic carbocycles. The normalized spacial score (nSPS) is 26.6. The summed E-state index contributed by atoms with van der Waals surface area (Å²) in [7, 11) is -3.43. The maximum atomic E-state index is 11.5. The number of aliphatic carboxylic acids is 1. The van der Waals surface area contributed by atoms with Gasteiger partial charge in [-0.3, -0.25) is 4.79 Å². The van der Waals surface area contributed by atoms with Gasteiger partial charge in [-0.15, -0.1) is 0 Å². The average molecular weight is 279 g/mol. The zero-order valence-corrected chi connectivity index (χ0v) is 11.3. The second-order valence-corrected chi connectivity index (χ2v) is 7.43. The zero-order chi connectivity index (χ0) is 14.1. The fourth-order valence-electron chi connectivity index (χ4n) is 1.69. The fourth-order valence-corrected chi connectivity index (χ4v) is 3.61. The van der Waals surface area contributed by atoms with Crippen molar-refractivity contribution in [2.45, 2.75) is 32.4 Å². The van der Waals surface area contributed by atoms with Crippen molar-refractivity contribution >= 4 is 21.9 Å². The highest BCUT2D eigenvalue weighted by Gasteiger charge is 2.43. The number of ether oxygens (including phenoxy) is 1. The van der Waals surface area contributed by atoms with Crippen molar-refractivity contribution in [2.24, 2.45) is 5.92 Å². The number of carboxylic acids is 1. The van der Waals surface area contributed by atoms with Crippen LogP contribution in [0.15, 0.2) is 0 Å². The van der Waals surface area contributed by atoms with E-state index in [9.17, 15) is 18.0 Å². The second kappa shape index (κ2) is 4.75. The van der Waals surface area contributed by atoms with Gasteiger partial charge in [0.15, 0.2) is 9.84 Å². The Morgan fingerprint density at radius 3 is 2.28 bits per heavy atom. The van der Waals surface area contributed by atoms with Gasteiger partial charge in [0.25, 0.3) is 0 Å². The molecule has 1 fully saturated rings. The van der Waals surface area contributed by atoms with Crippen LogP contribution in [0.1, 0.15) is 20.8 Å². The smallest absolute Gasteiger partial charge is 0.407 e. The van der Waals surface area contributed by atoms with E-state index >= 15 is 0 Å². The number of rotatable bonds is 2. The van der Waals surface area contributed by atoms with Crippen LogP contribution in [0.4, 0.5) is 4.79 Å². The summed E-state index contributed by atoms with van der Waals surface area (Å²) < 4.78 is 27.7. The molecular weight excluding hydrogens is 262 g/mol. The first-order valence-electron chi connectivity index (χ1n) is 5.43. The summed E-state index contributed by atoms with van der Waals surface area (Å²) in [5.41, 5.74) is -0.722. The standard InChI is InChI=1S/C10H17NO6S/c1-10(2,3)17-9(14)11-7-5-18(15,16)4-6(7)8(12)13/h6-7H,4-5H2,1-3H3,(H,11,14)(H,12,13). The lowest BCUT2D eigenvalue weighted by atomic mass is 10.0. The van der Waals surface area contributed by atoms with Crippen molar-refractivity contribution in [1.29, 1.82) is 0 Å². The molecule has 18 heavy (non-hydrogen) atoms. The Morgan fingerprint density at radius 2 is 1.83 bits per heavy atom. The maximum absolute atomic E-state index is 11.5. The van der Waals surface area contributed by atoms with Crippen LogP contribution in [0.3, 0.4) is 0 Å². The summed E-state index contributed by atoms with van der Waals surface area (Å²) in [5, 5.41) is 11.2. The van der Waals surface area contributed by atoms with Crippen LogP contribution in [0.25, 0.3) is 0 Å². The maximum Gasteiger partial charge on any atom is 0.407 e. The van der Waals surface area contributed by atoms with Crippen LogP contribution in [-0.4, -0.2) is 48.7 Å². The topological polar surface area (TPSA) is 110 Å². The second-order valence-electron chi connectivity index (χ2n) is 5.27. The van der Waals surface area contributed by atoms with E-state index in [2.05, 4.69) is 5.32 Å². The molecule has 0 aromatic heterocycles. The van der Waals surface area contributed by atoms with Crippen LogP contribution in [0.5, 0.6) is 0 Å². The minimum atomic E-state index is -3.43. The number of carboxylic acid groups (broad SMARTS) is 1. The monoisotopic (exact) mass is 279 g/mol. The molecule has 1 aliphatic rings. The van der Waals surface area contributed by atoms with Gasteiger partial charge >= 0.3 is 12.1 Å². The van der Waals surface area contributed by atoms with Gasteiger partial charge in [-0.05, 0) is 20.8 Å². The average Bonchev–Trinajstić information content (AvgIpc) is 2.37. The van der Waals surface area contributed by atoms with Gasteiger partial charge in [-0.1, -0.05) is 0 Å². The highest BCUT2D eigenvalue weighted by atomic mass is 32.2. The molecule has 0 aromatic rings. The number of hydrogen-bond donors (Lipinski definition) is 2. The lowest BCUT2D eigenvalue weighted by molar-refractivity contribution is -0.141. The van der Waals surface area contributed by atoms with E-state index < -0.39 is 45.2 Å². The lowest BCUT2D eigenvalue weighted by Crippen LogP contribution is -2.44. The van der Waals surface area contributed by atoms with Crippen LogP contribution in [-0.2, 0) is 19.4 Å². The van der Waals surface area contributed by atoms with E-state index in [1.54, 1.807) is 20.8 Å². The van der Waals surface area contributed by atoms with E-state index in [4.69, 9.17) is 9.84 Å². The molecule has 0 aromatic carbocycles. The molecule has 0 radical (unpaired) electrons. The van der Waals surface area contributed by atoms with Crippen molar-refractivity contribution in [1.82, 2.24) is 5.32 Å². The number of carbonyl (C=O) groups is 2. The summed E-state index contributed by atoms with van der Waals surface area (Å²) >= 11 is 0. The number of nitrogens with one attached hydrogen (secondary N) is 1. The molecule has 1 aliphatic heterocycles. The molecule has 2 N–H and O–H groups in total. The third kappa shape index (κ3) is 4.17. The zero-order valence-electron chi connectivity index (χ0n) is 10.5. The van der Waals surface area contributed by atoms with E-state index in [-0.39, 0.29) is 5.75 Å². The van der Waals surface area contributed by atoms with Crippen LogP contribution < -0.4 is 5.32 Å². The van der Waals surface area contributed by atoms with E-state index in [1.807, 2.05) is 0 Å². The Hall–Kier alpha value is -1.31. The van der Waals surface area contributed by atoms with Gasteiger partial charge in [0, 0.05) is 0 Å². The quantitative estimate of drug-likeness (QED) is 0.736. The summed E-state index contributed by atoms with van der Waals surface area (Å²) in [5.74, 6) is -3.19. The van der Waals surface area contributed by atoms with E-state index in [0.717, 1.165) is 0 Å². The first-order valence-corrected chi connectivity index (χ1v) is 7.25. The SMILES string of the molecule is CC(C)(C)OC(=O)NC1CS(=O)(=O)CC1C(=O)O. The van der Waals surface area contributed by atoms with Gasteiger partial charge in [0.05, 0.1) is 23.5 Å². The molecule has 1 heterocycles. The molecule has 2 atom stereocenters. The third-order valence-corrected chi connectivity index (χ3v) is 4.11. The summed E-state index contributed by atoms with van der Waals surface area (Å²) in [4.78, 5) is 22.4. The van der Waals surface area contributed by atoms with Gasteiger partial charge in [0.2, 0.25) is 0 Å². The first kappa shape index (κ1) is 14.7. The minimum Gasteiger partial charge on any atom is -0.481 e. The van der Waals surface area contributed by atoms with Crippen molar-refractivity contribution in [3.63, 3.8) is 0 Å². The van der Waals surface area contributed by atoms with Crippen molar-refractivity contribution in [3.8, 4) is 0 Å². The third-order valence-electron chi connectivity index (χ3n) is 2.37. The highest BCUT2D eigenvalue weighted by Crippen LogP contribution is 2.20. The minimum absolute atomic E-state index is 0.372. The molecule has 0 bridgehead atoms. The van der Waals surface area contributed by atoms with Gasteiger partial charge in [0.1, 0.15) is 5.60 Å².